The summed E-state index contributed by atoms with van der Waals surface area (Å²) in [7, 11) is 0. The number of nitrogens with one attached hydrogen (secondary N) is 1. The number of carbonyl (C=O) groups excluding carboxylic acids is 1. The second-order valence-electron chi connectivity index (χ2n) is 4.31. The van der Waals surface area contributed by atoms with Crippen LogP contribution in [-0.2, 0) is 0 Å². The lowest BCUT2D eigenvalue weighted by Crippen LogP contribution is -2.12. The lowest BCUT2D eigenvalue weighted by atomic mass is 10.1. The fourth-order valence-electron chi connectivity index (χ4n) is 2.04. The van der Waals surface area contributed by atoms with Crippen LogP contribution in [0.1, 0.15) is 10.4 Å². The Balaban J connectivity index is 2.02. The SMILES string of the molecule is O=C(Nc1ccccc1)c1ccc(Br)c2cccnc12. The molecule has 1 heterocycles. The molecule has 3 rings (SSSR count). The molecule has 0 radical (unpaired) electrons. The van der Waals surface area contributed by atoms with E-state index < -0.39 is 0 Å². The van der Waals surface area contributed by atoms with E-state index in [0.717, 1.165) is 15.5 Å². The first-order chi connectivity index (χ1) is 9.75. The van der Waals surface area contributed by atoms with Gasteiger partial charge in [0.15, 0.2) is 0 Å². The van der Waals surface area contributed by atoms with Crippen LogP contribution in [0.25, 0.3) is 10.9 Å². The topological polar surface area (TPSA) is 42.0 Å². The van der Waals surface area contributed by atoms with Crippen LogP contribution in [0.5, 0.6) is 0 Å². The monoisotopic (exact) mass is 326 g/mol. The minimum absolute atomic E-state index is 0.160. The van der Waals surface area contributed by atoms with Crippen LogP contribution >= 0.6 is 15.9 Å². The molecule has 3 aromatic rings. The lowest BCUT2D eigenvalue weighted by Gasteiger charge is -2.08. The van der Waals surface area contributed by atoms with Crippen LogP contribution in [0.15, 0.2) is 65.3 Å². The van der Waals surface area contributed by atoms with Gasteiger partial charge in [-0.2, -0.15) is 0 Å². The molecule has 0 fully saturated rings. The standard InChI is InChI=1S/C16H11BrN2O/c17-14-9-8-13(15-12(14)7-4-10-18-15)16(20)19-11-5-2-1-3-6-11/h1-10H,(H,19,20). The van der Waals surface area contributed by atoms with Gasteiger partial charge in [0.05, 0.1) is 11.1 Å². The van der Waals surface area contributed by atoms with Crippen LogP contribution in [0.2, 0.25) is 0 Å². The third-order valence-corrected chi connectivity index (χ3v) is 3.68. The number of rotatable bonds is 2. The number of carbonyl (C=O) groups is 1. The molecule has 0 aliphatic rings. The summed E-state index contributed by atoms with van der Waals surface area (Å²) in [5.74, 6) is -0.160. The van der Waals surface area contributed by atoms with Crippen molar-refractivity contribution in [1.29, 1.82) is 0 Å². The minimum atomic E-state index is -0.160. The third-order valence-electron chi connectivity index (χ3n) is 2.99. The van der Waals surface area contributed by atoms with Gasteiger partial charge in [-0.1, -0.05) is 40.2 Å². The molecule has 20 heavy (non-hydrogen) atoms. The summed E-state index contributed by atoms with van der Waals surface area (Å²) in [5, 5.41) is 3.80. The predicted octanol–water partition coefficient (Wildman–Crippen LogP) is 4.25. The molecule has 98 valence electrons. The van der Waals surface area contributed by atoms with Crippen molar-refractivity contribution in [3.05, 3.63) is 70.8 Å². The van der Waals surface area contributed by atoms with Crippen molar-refractivity contribution >= 4 is 38.4 Å². The maximum atomic E-state index is 12.4. The summed E-state index contributed by atoms with van der Waals surface area (Å²) in [6.07, 6.45) is 1.69. The van der Waals surface area contributed by atoms with Gasteiger partial charge in [-0.05, 0) is 30.3 Å². The Morgan fingerprint density at radius 1 is 1.00 bits per heavy atom. The van der Waals surface area contributed by atoms with Crippen molar-refractivity contribution in [1.82, 2.24) is 4.98 Å². The number of hydrogen-bond donors (Lipinski definition) is 1. The molecule has 1 aromatic heterocycles. The molecule has 0 saturated carbocycles. The molecule has 0 aliphatic heterocycles. The van der Waals surface area contributed by atoms with E-state index in [0.29, 0.717) is 11.1 Å². The summed E-state index contributed by atoms with van der Waals surface area (Å²) in [4.78, 5) is 16.7. The van der Waals surface area contributed by atoms with Crippen LogP contribution in [0.3, 0.4) is 0 Å². The van der Waals surface area contributed by atoms with E-state index in [-0.39, 0.29) is 5.91 Å². The maximum Gasteiger partial charge on any atom is 0.257 e. The highest BCUT2D eigenvalue weighted by Gasteiger charge is 2.12. The smallest absolute Gasteiger partial charge is 0.257 e. The summed E-state index contributed by atoms with van der Waals surface area (Å²) in [6, 6.07) is 16.8. The molecule has 3 nitrogen and oxygen atoms in total. The molecule has 0 saturated heterocycles. The Morgan fingerprint density at radius 3 is 2.60 bits per heavy atom. The number of fused-ring (bicyclic) bond motifs is 1. The van der Waals surface area contributed by atoms with Crippen LogP contribution in [-0.4, -0.2) is 10.9 Å². The molecule has 0 aliphatic carbocycles. The first kappa shape index (κ1) is 12.8. The van der Waals surface area contributed by atoms with E-state index in [4.69, 9.17) is 0 Å². The second kappa shape index (κ2) is 5.43. The zero-order chi connectivity index (χ0) is 13.9. The van der Waals surface area contributed by atoms with E-state index in [1.165, 1.54) is 0 Å². The van der Waals surface area contributed by atoms with Gasteiger partial charge >= 0.3 is 0 Å². The highest BCUT2D eigenvalue weighted by atomic mass is 79.9. The zero-order valence-electron chi connectivity index (χ0n) is 10.5. The average Bonchev–Trinajstić information content (AvgIpc) is 2.49. The maximum absolute atomic E-state index is 12.4. The number of amides is 1. The van der Waals surface area contributed by atoms with Gasteiger partial charge in [0.1, 0.15) is 0 Å². The van der Waals surface area contributed by atoms with E-state index in [2.05, 4.69) is 26.2 Å². The highest BCUT2D eigenvalue weighted by Crippen LogP contribution is 2.25. The van der Waals surface area contributed by atoms with Crippen molar-refractivity contribution in [2.45, 2.75) is 0 Å². The van der Waals surface area contributed by atoms with E-state index in [1.807, 2.05) is 48.5 Å². The summed E-state index contributed by atoms with van der Waals surface area (Å²) in [6.45, 7) is 0. The average molecular weight is 327 g/mol. The molecular formula is C16H11BrN2O. The molecule has 1 N–H and O–H groups in total. The Bertz CT molecular complexity index is 772. The fraction of sp³-hybridized carbons (Fsp3) is 0. The fourth-order valence-corrected chi connectivity index (χ4v) is 2.49. The zero-order valence-corrected chi connectivity index (χ0v) is 12.1. The number of aromatic nitrogens is 1. The quantitative estimate of drug-likeness (QED) is 0.764. The number of nitrogens with zero attached hydrogens (tertiary/aromatic N) is 1. The third kappa shape index (κ3) is 2.42. The predicted molar refractivity (Wildman–Crippen MR) is 83.8 cm³/mol. The van der Waals surface area contributed by atoms with Gasteiger partial charge in [-0.15, -0.1) is 0 Å². The van der Waals surface area contributed by atoms with E-state index in [9.17, 15) is 4.79 Å². The molecule has 0 bridgehead atoms. The van der Waals surface area contributed by atoms with Gasteiger partial charge in [0, 0.05) is 21.7 Å². The Kier molecular flexibility index (Phi) is 3.48. The summed E-state index contributed by atoms with van der Waals surface area (Å²) < 4.78 is 0.928. The van der Waals surface area contributed by atoms with Crippen molar-refractivity contribution in [2.24, 2.45) is 0 Å². The molecule has 0 atom stereocenters. The minimum Gasteiger partial charge on any atom is -0.322 e. The van der Waals surface area contributed by atoms with Gasteiger partial charge in [-0.3, -0.25) is 9.78 Å². The summed E-state index contributed by atoms with van der Waals surface area (Å²) in [5.41, 5.74) is 2.02. The van der Waals surface area contributed by atoms with Gasteiger partial charge in [0.25, 0.3) is 5.91 Å². The van der Waals surface area contributed by atoms with Crippen LogP contribution < -0.4 is 5.32 Å². The van der Waals surface area contributed by atoms with Gasteiger partial charge < -0.3 is 5.32 Å². The Hall–Kier alpha value is -2.20. The van der Waals surface area contributed by atoms with Crippen molar-refractivity contribution in [3.8, 4) is 0 Å². The first-order valence-corrected chi connectivity index (χ1v) is 6.94. The second-order valence-corrected chi connectivity index (χ2v) is 5.17. The Labute approximate surface area is 124 Å². The van der Waals surface area contributed by atoms with Gasteiger partial charge in [-0.25, -0.2) is 0 Å². The number of hydrogen-bond acceptors (Lipinski definition) is 2. The lowest BCUT2D eigenvalue weighted by molar-refractivity contribution is 0.102. The highest BCUT2D eigenvalue weighted by molar-refractivity contribution is 9.10. The number of halogens is 1. The first-order valence-electron chi connectivity index (χ1n) is 6.15. The normalized spacial score (nSPS) is 10.4. The van der Waals surface area contributed by atoms with E-state index >= 15 is 0 Å². The van der Waals surface area contributed by atoms with Crippen molar-refractivity contribution in [3.63, 3.8) is 0 Å². The van der Waals surface area contributed by atoms with Gasteiger partial charge in [0.2, 0.25) is 0 Å². The molecule has 4 heteroatoms. The largest absolute Gasteiger partial charge is 0.322 e. The molecule has 2 aromatic carbocycles. The molecule has 1 amide bonds. The Morgan fingerprint density at radius 2 is 1.80 bits per heavy atom. The van der Waals surface area contributed by atoms with Crippen LogP contribution in [0.4, 0.5) is 5.69 Å². The van der Waals surface area contributed by atoms with Crippen LogP contribution in [0, 0.1) is 0 Å². The number of para-hydroxylation sites is 1. The number of pyridine rings is 1. The number of benzene rings is 2. The molecule has 0 unspecified atom stereocenters. The van der Waals surface area contributed by atoms with Crippen molar-refractivity contribution < 1.29 is 4.79 Å². The van der Waals surface area contributed by atoms with Crippen molar-refractivity contribution in [2.75, 3.05) is 5.32 Å². The summed E-state index contributed by atoms with van der Waals surface area (Å²) >= 11 is 3.48. The molecular weight excluding hydrogens is 316 g/mol. The molecule has 0 spiro atoms. The van der Waals surface area contributed by atoms with E-state index in [1.54, 1.807) is 12.3 Å². The number of anilines is 1.